The van der Waals surface area contributed by atoms with E-state index in [4.69, 9.17) is 9.47 Å². The van der Waals surface area contributed by atoms with E-state index in [1.54, 1.807) is 0 Å². The molecule has 0 spiro atoms. The fourth-order valence-corrected chi connectivity index (χ4v) is 4.14. The fourth-order valence-electron chi connectivity index (χ4n) is 4.14. The molecule has 0 aromatic heterocycles. The van der Waals surface area contributed by atoms with Gasteiger partial charge in [-0.25, -0.2) is 0 Å². The Hall–Kier alpha value is -2.42. The molecule has 2 nitrogen and oxygen atoms in total. The van der Waals surface area contributed by atoms with Gasteiger partial charge in [-0.05, 0) is 51.8 Å². The van der Waals surface area contributed by atoms with Crippen LogP contribution in [-0.2, 0) is 15.9 Å². The van der Waals surface area contributed by atoms with Crippen LogP contribution in [0.5, 0.6) is 0 Å². The molecule has 2 aliphatic rings. The maximum atomic E-state index is 6.04. The molecule has 0 radical (unpaired) electrons. The second-order valence-electron chi connectivity index (χ2n) is 7.47. The molecular weight excluding hydrogens is 332 g/mol. The van der Waals surface area contributed by atoms with Crippen molar-refractivity contribution in [3.8, 4) is 22.3 Å². The number of hydrogen-bond donors (Lipinski definition) is 0. The lowest BCUT2D eigenvalue weighted by Gasteiger charge is -2.17. The highest BCUT2D eigenvalue weighted by Gasteiger charge is 2.24. The third-order valence-corrected chi connectivity index (χ3v) is 5.70. The van der Waals surface area contributed by atoms with Crippen molar-refractivity contribution in [3.63, 3.8) is 0 Å². The van der Waals surface area contributed by atoms with Gasteiger partial charge in [0.25, 0.3) is 0 Å². The predicted molar refractivity (Wildman–Crippen MR) is 109 cm³/mol. The molecule has 3 aromatic rings. The van der Waals surface area contributed by atoms with Crippen LogP contribution in [0.3, 0.4) is 0 Å². The molecule has 2 unspecified atom stereocenters. The van der Waals surface area contributed by atoms with E-state index in [-0.39, 0.29) is 6.10 Å². The quantitative estimate of drug-likeness (QED) is 0.408. The molecule has 1 saturated heterocycles. The first kappa shape index (κ1) is 16.7. The number of rotatable bonds is 6. The molecule has 1 aliphatic heterocycles. The molecule has 1 aliphatic carbocycles. The molecule has 5 rings (SSSR count). The lowest BCUT2D eigenvalue weighted by atomic mass is 9.94. The smallest absolute Gasteiger partial charge is 0.104 e. The minimum absolute atomic E-state index is 0.147. The standard InChI is InChI=1S/C25H24O2/c1-2-25(27-16-20-15-26-20)18-12-10-17(11-13-18)21-8-5-9-23-22-7-4-3-6-19(22)14-24(21)23/h3-13,20,25H,2,14-16H2,1H3. The van der Waals surface area contributed by atoms with Gasteiger partial charge in [0.15, 0.2) is 0 Å². The molecule has 27 heavy (non-hydrogen) atoms. The van der Waals surface area contributed by atoms with Crippen LogP contribution in [0.4, 0.5) is 0 Å². The molecule has 2 heteroatoms. The summed E-state index contributed by atoms with van der Waals surface area (Å²) < 4.78 is 11.3. The maximum absolute atomic E-state index is 6.04. The van der Waals surface area contributed by atoms with E-state index in [1.165, 1.54) is 38.9 Å². The highest BCUT2D eigenvalue weighted by atomic mass is 16.6. The van der Waals surface area contributed by atoms with Crippen molar-refractivity contribution < 1.29 is 9.47 Å². The summed E-state index contributed by atoms with van der Waals surface area (Å²) in [7, 11) is 0. The van der Waals surface area contributed by atoms with Crippen molar-refractivity contribution in [2.75, 3.05) is 13.2 Å². The van der Waals surface area contributed by atoms with Crippen LogP contribution in [0.2, 0.25) is 0 Å². The first-order chi connectivity index (χ1) is 13.3. The van der Waals surface area contributed by atoms with Gasteiger partial charge in [0.2, 0.25) is 0 Å². The van der Waals surface area contributed by atoms with Gasteiger partial charge in [0.05, 0.1) is 19.3 Å². The topological polar surface area (TPSA) is 21.8 Å². The zero-order valence-electron chi connectivity index (χ0n) is 15.7. The van der Waals surface area contributed by atoms with E-state index < -0.39 is 0 Å². The first-order valence-electron chi connectivity index (χ1n) is 9.87. The Morgan fingerprint density at radius 3 is 2.44 bits per heavy atom. The summed E-state index contributed by atoms with van der Waals surface area (Å²) in [5.74, 6) is 0. The third-order valence-electron chi connectivity index (χ3n) is 5.70. The molecule has 0 bridgehead atoms. The second-order valence-corrected chi connectivity index (χ2v) is 7.47. The van der Waals surface area contributed by atoms with Gasteiger partial charge in [0, 0.05) is 0 Å². The van der Waals surface area contributed by atoms with Gasteiger partial charge in [0.1, 0.15) is 6.10 Å². The Morgan fingerprint density at radius 1 is 0.926 bits per heavy atom. The maximum Gasteiger partial charge on any atom is 0.104 e. The molecule has 136 valence electrons. The Labute approximate surface area is 160 Å². The van der Waals surface area contributed by atoms with Gasteiger partial charge in [-0.1, -0.05) is 73.7 Å². The normalized spacial score (nSPS) is 18.0. The lowest BCUT2D eigenvalue weighted by Crippen LogP contribution is -2.08. The predicted octanol–water partition coefficient (Wildman–Crippen LogP) is 5.79. The van der Waals surface area contributed by atoms with Crippen molar-refractivity contribution in [1.82, 2.24) is 0 Å². The average molecular weight is 356 g/mol. The molecule has 0 N–H and O–H groups in total. The largest absolute Gasteiger partial charge is 0.371 e. The SMILES string of the molecule is CCC(OCC1CO1)c1ccc(-c2cccc3c2Cc2ccccc2-3)cc1. The van der Waals surface area contributed by atoms with E-state index in [2.05, 4.69) is 73.7 Å². The second kappa shape index (κ2) is 6.95. The van der Waals surface area contributed by atoms with Crippen LogP contribution in [0.25, 0.3) is 22.3 Å². The van der Waals surface area contributed by atoms with Crippen molar-refractivity contribution in [2.24, 2.45) is 0 Å². The Kier molecular flexibility index (Phi) is 4.31. The number of ether oxygens (including phenoxy) is 2. The molecular formula is C25H24O2. The van der Waals surface area contributed by atoms with Gasteiger partial charge < -0.3 is 9.47 Å². The van der Waals surface area contributed by atoms with Crippen LogP contribution in [0, 0.1) is 0 Å². The summed E-state index contributed by atoms with van der Waals surface area (Å²) in [5, 5.41) is 0. The fraction of sp³-hybridized carbons (Fsp3) is 0.280. The highest BCUT2D eigenvalue weighted by Crippen LogP contribution is 2.41. The van der Waals surface area contributed by atoms with Gasteiger partial charge in [-0.15, -0.1) is 0 Å². The zero-order chi connectivity index (χ0) is 18.2. The molecule has 0 amide bonds. The molecule has 3 aromatic carbocycles. The minimum atomic E-state index is 0.147. The van der Waals surface area contributed by atoms with Crippen LogP contribution >= 0.6 is 0 Å². The minimum Gasteiger partial charge on any atom is -0.371 e. The zero-order valence-corrected chi connectivity index (χ0v) is 15.7. The lowest BCUT2D eigenvalue weighted by molar-refractivity contribution is 0.0395. The first-order valence-corrected chi connectivity index (χ1v) is 9.87. The summed E-state index contributed by atoms with van der Waals surface area (Å²) >= 11 is 0. The van der Waals surface area contributed by atoms with E-state index in [0.29, 0.717) is 12.7 Å². The van der Waals surface area contributed by atoms with Gasteiger partial charge >= 0.3 is 0 Å². The summed E-state index contributed by atoms with van der Waals surface area (Å²) in [6.45, 7) is 3.72. The molecule has 1 heterocycles. The van der Waals surface area contributed by atoms with Crippen LogP contribution < -0.4 is 0 Å². The van der Waals surface area contributed by atoms with Crippen LogP contribution in [0.15, 0.2) is 66.7 Å². The van der Waals surface area contributed by atoms with Crippen molar-refractivity contribution in [1.29, 1.82) is 0 Å². The van der Waals surface area contributed by atoms with E-state index in [0.717, 1.165) is 19.4 Å². The summed E-state index contributed by atoms with van der Waals surface area (Å²) in [6, 6.07) is 24.4. The monoisotopic (exact) mass is 356 g/mol. The van der Waals surface area contributed by atoms with Crippen LogP contribution in [-0.4, -0.2) is 19.3 Å². The summed E-state index contributed by atoms with van der Waals surface area (Å²) in [4.78, 5) is 0. The van der Waals surface area contributed by atoms with Gasteiger partial charge in [-0.3, -0.25) is 0 Å². The van der Waals surface area contributed by atoms with Crippen molar-refractivity contribution in [3.05, 3.63) is 83.4 Å². The Morgan fingerprint density at radius 2 is 1.67 bits per heavy atom. The van der Waals surface area contributed by atoms with Crippen LogP contribution in [0.1, 0.15) is 36.1 Å². The number of fused-ring (bicyclic) bond motifs is 3. The number of epoxide rings is 1. The van der Waals surface area contributed by atoms with Crippen molar-refractivity contribution in [2.45, 2.75) is 32.0 Å². The van der Waals surface area contributed by atoms with E-state index in [9.17, 15) is 0 Å². The summed E-state index contributed by atoms with van der Waals surface area (Å²) in [6.07, 6.45) is 2.45. The molecule has 1 fully saturated rings. The average Bonchev–Trinajstić information content (AvgIpc) is 3.47. The summed E-state index contributed by atoms with van der Waals surface area (Å²) in [5.41, 5.74) is 9.51. The van der Waals surface area contributed by atoms with Crippen molar-refractivity contribution >= 4 is 0 Å². The van der Waals surface area contributed by atoms with E-state index in [1.807, 2.05) is 0 Å². The Balaban J connectivity index is 1.43. The highest BCUT2D eigenvalue weighted by molar-refractivity contribution is 5.84. The Bertz CT molecular complexity index is 954. The number of hydrogen-bond acceptors (Lipinski definition) is 2. The van der Waals surface area contributed by atoms with Gasteiger partial charge in [-0.2, -0.15) is 0 Å². The molecule has 2 atom stereocenters. The molecule has 0 saturated carbocycles. The third kappa shape index (κ3) is 3.20. The number of benzene rings is 3. The van der Waals surface area contributed by atoms with E-state index >= 15 is 0 Å².